The molecule has 1 saturated heterocycles. The van der Waals surface area contributed by atoms with Gasteiger partial charge in [0.15, 0.2) is 0 Å². The number of benzene rings is 1. The minimum Gasteiger partial charge on any atom is -0.381 e. The third-order valence-electron chi connectivity index (χ3n) is 4.40. The molecule has 0 aliphatic carbocycles. The van der Waals surface area contributed by atoms with Gasteiger partial charge in [-0.1, -0.05) is 12.1 Å². The fourth-order valence-corrected chi connectivity index (χ4v) is 2.90. The number of rotatable bonds is 5. The van der Waals surface area contributed by atoms with Gasteiger partial charge in [-0.15, -0.1) is 0 Å². The number of ether oxygens (including phenoxy) is 1. The average Bonchev–Trinajstić information content (AvgIpc) is 2.48. The van der Waals surface area contributed by atoms with Crippen molar-refractivity contribution in [3.8, 4) is 0 Å². The summed E-state index contributed by atoms with van der Waals surface area (Å²) >= 11 is 0. The van der Waals surface area contributed by atoms with E-state index in [-0.39, 0.29) is 0 Å². The van der Waals surface area contributed by atoms with Gasteiger partial charge in [0.1, 0.15) is 0 Å². The Morgan fingerprint density at radius 3 is 2.25 bits per heavy atom. The molecule has 0 amide bonds. The molecule has 0 spiro atoms. The summed E-state index contributed by atoms with van der Waals surface area (Å²) in [5.74, 6) is 0.743. The smallest absolute Gasteiger partial charge is 0.0469 e. The second kappa shape index (κ2) is 7.09. The Labute approximate surface area is 123 Å². The van der Waals surface area contributed by atoms with E-state index in [1.165, 1.54) is 24.1 Å². The molecule has 1 aromatic carbocycles. The van der Waals surface area contributed by atoms with E-state index in [0.717, 1.165) is 19.1 Å². The van der Waals surface area contributed by atoms with Crippen LogP contribution < -0.4 is 10.2 Å². The van der Waals surface area contributed by atoms with E-state index in [0.29, 0.717) is 12.1 Å². The molecule has 0 saturated carbocycles. The quantitative estimate of drug-likeness (QED) is 0.893. The highest BCUT2D eigenvalue weighted by atomic mass is 16.5. The summed E-state index contributed by atoms with van der Waals surface area (Å²) in [5, 5.41) is 3.75. The Hall–Kier alpha value is -1.06. The van der Waals surface area contributed by atoms with Crippen LogP contribution in [0.4, 0.5) is 5.69 Å². The highest BCUT2D eigenvalue weighted by Gasteiger charge is 2.21. The van der Waals surface area contributed by atoms with Crippen LogP contribution in [-0.4, -0.2) is 33.4 Å². The molecule has 1 N–H and O–H groups in total. The van der Waals surface area contributed by atoms with Gasteiger partial charge in [-0.3, -0.25) is 0 Å². The van der Waals surface area contributed by atoms with Gasteiger partial charge < -0.3 is 15.0 Å². The van der Waals surface area contributed by atoms with Gasteiger partial charge in [0.2, 0.25) is 0 Å². The van der Waals surface area contributed by atoms with Gasteiger partial charge >= 0.3 is 0 Å². The van der Waals surface area contributed by atoms with Gasteiger partial charge in [0.25, 0.3) is 0 Å². The summed E-state index contributed by atoms with van der Waals surface area (Å²) < 4.78 is 5.44. The highest BCUT2D eigenvalue weighted by Crippen LogP contribution is 2.22. The molecule has 2 atom stereocenters. The molecule has 1 aliphatic heterocycles. The normalized spacial score (nSPS) is 19.6. The van der Waals surface area contributed by atoms with E-state index in [4.69, 9.17) is 4.74 Å². The Morgan fingerprint density at radius 2 is 1.70 bits per heavy atom. The van der Waals surface area contributed by atoms with Gasteiger partial charge in [0, 0.05) is 45.1 Å². The van der Waals surface area contributed by atoms with Gasteiger partial charge in [0.05, 0.1) is 0 Å². The molecule has 2 unspecified atom stereocenters. The van der Waals surface area contributed by atoms with Crippen LogP contribution in [0.5, 0.6) is 0 Å². The SMILES string of the molecule is CC(NC(C)C1CCOCC1)c1ccc(N(C)C)cc1. The monoisotopic (exact) mass is 276 g/mol. The van der Waals surface area contributed by atoms with Crippen LogP contribution in [-0.2, 0) is 4.74 Å². The van der Waals surface area contributed by atoms with Crippen molar-refractivity contribution in [3.05, 3.63) is 29.8 Å². The molecule has 112 valence electrons. The molecule has 0 radical (unpaired) electrons. The summed E-state index contributed by atoms with van der Waals surface area (Å²) in [4.78, 5) is 2.13. The maximum atomic E-state index is 5.44. The van der Waals surface area contributed by atoms with E-state index in [9.17, 15) is 0 Å². The van der Waals surface area contributed by atoms with Crippen LogP contribution in [0.25, 0.3) is 0 Å². The first-order chi connectivity index (χ1) is 9.58. The minimum atomic E-state index is 0.393. The number of nitrogens with one attached hydrogen (secondary N) is 1. The Morgan fingerprint density at radius 1 is 1.10 bits per heavy atom. The Balaban J connectivity index is 1.91. The molecular formula is C17H28N2O. The average molecular weight is 276 g/mol. The number of nitrogens with zero attached hydrogens (tertiary/aromatic N) is 1. The van der Waals surface area contributed by atoms with Crippen molar-refractivity contribution in [3.63, 3.8) is 0 Å². The number of hydrogen-bond acceptors (Lipinski definition) is 3. The van der Waals surface area contributed by atoms with Gasteiger partial charge in [-0.2, -0.15) is 0 Å². The summed E-state index contributed by atoms with van der Waals surface area (Å²) in [7, 11) is 4.15. The lowest BCUT2D eigenvalue weighted by molar-refractivity contribution is 0.0547. The largest absolute Gasteiger partial charge is 0.381 e. The zero-order chi connectivity index (χ0) is 14.5. The Kier molecular flexibility index (Phi) is 5.44. The molecule has 0 bridgehead atoms. The van der Waals surface area contributed by atoms with E-state index >= 15 is 0 Å². The van der Waals surface area contributed by atoms with Crippen molar-refractivity contribution in [1.29, 1.82) is 0 Å². The molecule has 3 nitrogen and oxygen atoms in total. The lowest BCUT2D eigenvalue weighted by Gasteiger charge is -2.31. The first-order valence-electron chi connectivity index (χ1n) is 7.69. The lowest BCUT2D eigenvalue weighted by Crippen LogP contribution is -2.38. The van der Waals surface area contributed by atoms with Crippen molar-refractivity contribution >= 4 is 5.69 Å². The summed E-state index contributed by atoms with van der Waals surface area (Å²) in [5.41, 5.74) is 2.60. The standard InChI is InChI=1S/C17H28N2O/c1-13(15-5-7-17(8-6-15)19(3)4)18-14(2)16-9-11-20-12-10-16/h5-8,13-14,16,18H,9-12H2,1-4H3. The topological polar surface area (TPSA) is 24.5 Å². The lowest BCUT2D eigenvalue weighted by atomic mass is 9.92. The molecule has 20 heavy (non-hydrogen) atoms. The fourth-order valence-electron chi connectivity index (χ4n) is 2.90. The van der Waals surface area contributed by atoms with Gasteiger partial charge in [-0.25, -0.2) is 0 Å². The van der Waals surface area contributed by atoms with Crippen LogP contribution in [0, 0.1) is 5.92 Å². The third kappa shape index (κ3) is 3.97. The minimum absolute atomic E-state index is 0.393. The van der Waals surface area contributed by atoms with Crippen LogP contribution in [0.3, 0.4) is 0 Å². The summed E-state index contributed by atoms with van der Waals surface area (Å²) in [6, 6.07) is 9.76. The van der Waals surface area contributed by atoms with E-state index < -0.39 is 0 Å². The van der Waals surface area contributed by atoms with Crippen LogP contribution in [0.1, 0.15) is 38.3 Å². The van der Waals surface area contributed by atoms with Crippen LogP contribution in [0.15, 0.2) is 24.3 Å². The molecule has 1 fully saturated rings. The summed E-state index contributed by atoms with van der Waals surface area (Å²) in [6.45, 7) is 6.40. The number of hydrogen-bond donors (Lipinski definition) is 1. The fraction of sp³-hybridized carbons (Fsp3) is 0.647. The second-order valence-electron chi connectivity index (χ2n) is 6.11. The second-order valence-corrected chi connectivity index (χ2v) is 6.11. The number of anilines is 1. The van der Waals surface area contributed by atoms with Crippen molar-refractivity contribution in [2.24, 2.45) is 5.92 Å². The predicted molar refractivity (Wildman–Crippen MR) is 85.3 cm³/mol. The zero-order valence-electron chi connectivity index (χ0n) is 13.2. The van der Waals surface area contributed by atoms with Crippen LogP contribution in [0.2, 0.25) is 0 Å². The Bertz CT molecular complexity index is 396. The van der Waals surface area contributed by atoms with Gasteiger partial charge in [-0.05, 0) is 50.3 Å². The molecule has 1 heterocycles. The maximum Gasteiger partial charge on any atom is 0.0469 e. The first kappa shape index (κ1) is 15.3. The molecule has 1 aromatic rings. The third-order valence-corrected chi connectivity index (χ3v) is 4.40. The van der Waals surface area contributed by atoms with Crippen molar-refractivity contribution < 1.29 is 4.74 Å². The van der Waals surface area contributed by atoms with Crippen LogP contribution >= 0.6 is 0 Å². The van der Waals surface area contributed by atoms with E-state index in [1.807, 2.05) is 0 Å². The zero-order valence-corrected chi connectivity index (χ0v) is 13.2. The van der Waals surface area contributed by atoms with Crippen molar-refractivity contribution in [2.45, 2.75) is 38.8 Å². The highest BCUT2D eigenvalue weighted by molar-refractivity contribution is 5.46. The van der Waals surface area contributed by atoms with E-state index in [2.05, 4.69) is 62.4 Å². The van der Waals surface area contributed by atoms with Crippen molar-refractivity contribution in [1.82, 2.24) is 5.32 Å². The molecule has 3 heteroatoms. The van der Waals surface area contributed by atoms with E-state index in [1.54, 1.807) is 0 Å². The predicted octanol–water partition coefficient (Wildman–Crippen LogP) is 3.22. The molecule has 0 aromatic heterocycles. The summed E-state index contributed by atoms with van der Waals surface area (Å²) in [6.07, 6.45) is 2.36. The van der Waals surface area contributed by atoms with Crippen molar-refractivity contribution in [2.75, 3.05) is 32.2 Å². The maximum absolute atomic E-state index is 5.44. The molecule has 2 rings (SSSR count). The first-order valence-corrected chi connectivity index (χ1v) is 7.69. The molecule has 1 aliphatic rings. The molecular weight excluding hydrogens is 248 g/mol.